The molecule has 0 saturated carbocycles. The first-order valence-corrected chi connectivity index (χ1v) is 20.9. The van der Waals surface area contributed by atoms with Crippen LogP contribution >= 0.6 is 0 Å². The van der Waals surface area contributed by atoms with Crippen LogP contribution in [0, 0.1) is 0 Å². The zero-order valence-electron chi connectivity index (χ0n) is 34.0. The Morgan fingerprint density at radius 3 is 1.92 bits per heavy atom. The summed E-state index contributed by atoms with van der Waals surface area (Å²) >= 11 is 0. The minimum Gasteiger partial charge on any atom is -0.456 e. The molecule has 286 valence electrons. The van der Waals surface area contributed by atoms with E-state index in [1.807, 2.05) is 12.1 Å². The molecule has 0 fully saturated rings. The standard InChI is InChI=1S/C56H46N2O/c1-55(2)33-34-56(3,4)48-35-40(30-32-47(48)55)58-50-22-12-9-18-44(50)45-31-29-41(36-51(45)58)57(49-21-11-8-17-42(49)37-15-6-5-7-16-37)39-27-25-38(26-28-39)43-20-14-24-53-54(43)46-19-10-13-23-52(46)59-53/h5-32,35-36H,33-34H2,1-4H3. The molecule has 59 heavy (non-hydrogen) atoms. The van der Waals surface area contributed by atoms with Crippen molar-refractivity contribution >= 4 is 60.8 Å². The lowest BCUT2D eigenvalue weighted by molar-refractivity contribution is 0.332. The van der Waals surface area contributed by atoms with Gasteiger partial charge in [0.15, 0.2) is 0 Å². The van der Waals surface area contributed by atoms with E-state index in [2.05, 4.69) is 207 Å². The Hall–Kier alpha value is -6.84. The van der Waals surface area contributed by atoms with Crippen molar-refractivity contribution in [1.82, 2.24) is 4.57 Å². The summed E-state index contributed by atoms with van der Waals surface area (Å²) in [6.45, 7) is 9.64. The maximum Gasteiger partial charge on any atom is 0.136 e. The molecule has 0 radical (unpaired) electrons. The van der Waals surface area contributed by atoms with Crippen molar-refractivity contribution in [3.63, 3.8) is 0 Å². The summed E-state index contributed by atoms with van der Waals surface area (Å²) < 4.78 is 8.77. The van der Waals surface area contributed by atoms with E-state index in [0.717, 1.165) is 50.1 Å². The molecule has 0 bridgehead atoms. The van der Waals surface area contributed by atoms with Crippen LogP contribution in [0.3, 0.4) is 0 Å². The summed E-state index contributed by atoms with van der Waals surface area (Å²) in [6.07, 6.45) is 2.37. The van der Waals surface area contributed by atoms with Gasteiger partial charge in [-0.3, -0.25) is 0 Å². The predicted octanol–water partition coefficient (Wildman–Crippen LogP) is 15.8. The Labute approximate surface area is 345 Å². The van der Waals surface area contributed by atoms with Gasteiger partial charge in [0.05, 0.1) is 16.7 Å². The highest BCUT2D eigenvalue weighted by molar-refractivity contribution is 6.13. The number of hydrogen-bond acceptors (Lipinski definition) is 2. The van der Waals surface area contributed by atoms with Gasteiger partial charge in [0.25, 0.3) is 0 Å². The number of furan rings is 1. The summed E-state index contributed by atoms with van der Waals surface area (Å²) in [6, 6.07) is 66.4. The molecule has 3 nitrogen and oxygen atoms in total. The molecule has 10 aromatic rings. The Balaban J connectivity index is 1.12. The molecule has 0 aliphatic heterocycles. The van der Waals surface area contributed by atoms with E-state index in [1.54, 1.807) is 0 Å². The van der Waals surface area contributed by atoms with Crippen LogP contribution in [0.1, 0.15) is 51.7 Å². The molecule has 2 heterocycles. The quantitative estimate of drug-likeness (QED) is 0.168. The third-order valence-electron chi connectivity index (χ3n) is 13.1. The molecule has 1 aliphatic rings. The number of aromatic nitrogens is 1. The number of benzene rings is 8. The van der Waals surface area contributed by atoms with Crippen LogP contribution in [0.15, 0.2) is 186 Å². The fourth-order valence-electron chi connectivity index (χ4n) is 9.85. The normalized spacial score (nSPS) is 14.6. The molecule has 8 aromatic carbocycles. The van der Waals surface area contributed by atoms with Crippen LogP contribution in [-0.4, -0.2) is 4.57 Å². The van der Waals surface area contributed by atoms with Crippen molar-refractivity contribution in [2.45, 2.75) is 51.4 Å². The van der Waals surface area contributed by atoms with E-state index >= 15 is 0 Å². The highest BCUT2D eigenvalue weighted by atomic mass is 16.3. The molecular formula is C56H46N2O. The van der Waals surface area contributed by atoms with Gasteiger partial charge in [0, 0.05) is 44.2 Å². The lowest BCUT2D eigenvalue weighted by Crippen LogP contribution is -2.33. The Bertz CT molecular complexity index is 3220. The van der Waals surface area contributed by atoms with Crippen molar-refractivity contribution in [2.24, 2.45) is 0 Å². The molecular weight excluding hydrogens is 717 g/mol. The molecule has 0 N–H and O–H groups in total. The first-order valence-electron chi connectivity index (χ1n) is 20.9. The van der Waals surface area contributed by atoms with Crippen molar-refractivity contribution in [1.29, 1.82) is 0 Å². The fourth-order valence-corrected chi connectivity index (χ4v) is 9.85. The Morgan fingerprint density at radius 1 is 0.458 bits per heavy atom. The second-order valence-electron chi connectivity index (χ2n) is 17.6. The van der Waals surface area contributed by atoms with E-state index < -0.39 is 0 Å². The van der Waals surface area contributed by atoms with Crippen molar-refractivity contribution < 1.29 is 4.42 Å². The molecule has 11 rings (SSSR count). The fraction of sp³-hybridized carbons (Fsp3) is 0.143. The van der Waals surface area contributed by atoms with E-state index in [9.17, 15) is 0 Å². The van der Waals surface area contributed by atoms with Crippen LogP contribution in [0.4, 0.5) is 17.1 Å². The van der Waals surface area contributed by atoms with Crippen LogP contribution in [0.25, 0.3) is 71.7 Å². The summed E-state index contributed by atoms with van der Waals surface area (Å²) in [7, 11) is 0. The molecule has 0 saturated heterocycles. The third kappa shape index (κ3) is 5.71. The maximum atomic E-state index is 6.28. The van der Waals surface area contributed by atoms with Crippen LogP contribution in [0.2, 0.25) is 0 Å². The summed E-state index contributed by atoms with van der Waals surface area (Å²) in [5.41, 5.74) is 16.6. The summed E-state index contributed by atoms with van der Waals surface area (Å²) in [5, 5.41) is 4.78. The number of fused-ring (bicyclic) bond motifs is 7. The van der Waals surface area contributed by atoms with Crippen molar-refractivity contribution in [3.05, 3.63) is 193 Å². The first-order chi connectivity index (χ1) is 28.7. The second kappa shape index (κ2) is 13.4. The first kappa shape index (κ1) is 35.3. The number of para-hydroxylation sites is 3. The largest absolute Gasteiger partial charge is 0.456 e. The third-order valence-corrected chi connectivity index (χ3v) is 13.1. The molecule has 0 amide bonds. The van der Waals surface area contributed by atoms with Gasteiger partial charge < -0.3 is 13.9 Å². The van der Waals surface area contributed by atoms with Crippen LogP contribution < -0.4 is 4.90 Å². The van der Waals surface area contributed by atoms with Crippen molar-refractivity contribution in [2.75, 3.05) is 4.90 Å². The van der Waals surface area contributed by atoms with Crippen LogP contribution in [-0.2, 0) is 10.8 Å². The van der Waals surface area contributed by atoms with Crippen LogP contribution in [0.5, 0.6) is 0 Å². The predicted molar refractivity (Wildman–Crippen MR) is 249 cm³/mol. The van der Waals surface area contributed by atoms with Crippen molar-refractivity contribution in [3.8, 4) is 27.9 Å². The van der Waals surface area contributed by atoms with E-state index in [4.69, 9.17) is 4.42 Å². The highest BCUT2D eigenvalue weighted by Crippen LogP contribution is 2.48. The number of anilines is 3. The molecule has 3 heteroatoms. The summed E-state index contributed by atoms with van der Waals surface area (Å²) in [5.74, 6) is 0. The van der Waals surface area contributed by atoms with Gasteiger partial charge >= 0.3 is 0 Å². The second-order valence-corrected chi connectivity index (χ2v) is 17.6. The monoisotopic (exact) mass is 762 g/mol. The molecule has 0 spiro atoms. The van der Waals surface area contributed by atoms with Gasteiger partial charge in [0.1, 0.15) is 11.2 Å². The maximum absolute atomic E-state index is 6.28. The van der Waals surface area contributed by atoms with Gasteiger partial charge in [-0.05, 0) is 112 Å². The highest BCUT2D eigenvalue weighted by Gasteiger charge is 2.37. The summed E-state index contributed by atoms with van der Waals surface area (Å²) in [4.78, 5) is 2.43. The number of nitrogens with zero attached hydrogens (tertiary/aromatic N) is 2. The minimum absolute atomic E-state index is 0.102. The molecule has 0 unspecified atom stereocenters. The minimum atomic E-state index is 0.102. The van der Waals surface area contributed by atoms with E-state index in [0.29, 0.717) is 0 Å². The zero-order valence-corrected chi connectivity index (χ0v) is 34.0. The van der Waals surface area contributed by atoms with Gasteiger partial charge in [-0.2, -0.15) is 0 Å². The average Bonchev–Trinajstić information content (AvgIpc) is 3.82. The SMILES string of the molecule is CC1(C)CCC(C)(C)c2cc(-n3c4ccccc4c4ccc(N(c5ccc(-c6cccc7oc8ccccc8c67)cc5)c5ccccc5-c5ccccc5)cc43)ccc21. The number of hydrogen-bond donors (Lipinski definition) is 0. The average molecular weight is 763 g/mol. The van der Waals surface area contributed by atoms with Gasteiger partial charge in [-0.15, -0.1) is 0 Å². The van der Waals surface area contributed by atoms with Gasteiger partial charge in [0.2, 0.25) is 0 Å². The zero-order chi connectivity index (χ0) is 39.9. The molecule has 0 atom stereocenters. The lowest BCUT2D eigenvalue weighted by atomic mass is 9.63. The van der Waals surface area contributed by atoms with E-state index in [1.165, 1.54) is 62.6 Å². The number of rotatable bonds is 6. The topological polar surface area (TPSA) is 21.3 Å². The van der Waals surface area contributed by atoms with Gasteiger partial charge in [-0.1, -0.05) is 149 Å². The smallest absolute Gasteiger partial charge is 0.136 e. The molecule has 1 aliphatic carbocycles. The molecule has 2 aromatic heterocycles. The lowest BCUT2D eigenvalue weighted by Gasteiger charge is -2.42. The van der Waals surface area contributed by atoms with E-state index in [-0.39, 0.29) is 10.8 Å². The Kier molecular flexibility index (Phi) is 8.00. The van der Waals surface area contributed by atoms with Gasteiger partial charge in [-0.25, -0.2) is 0 Å². The Morgan fingerprint density at radius 2 is 1.08 bits per heavy atom.